The third-order valence-corrected chi connectivity index (χ3v) is 3.76. The molecule has 1 unspecified atom stereocenters. The van der Waals surface area contributed by atoms with Gasteiger partial charge in [0.1, 0.15) is 11.4 Å². The molecule has 0 aliphatic rings. The summed E-state index contributed by atoms with van der Waals surface area (Å²) in [7, 11) is 1.62. The molecule has 0 radical (unpaired) electrons. The van der Waals surface area contributed by atoms with Gasteiger partial charge in [0.2, 0.25) is 0 Å². The number of aryl methyl sites for hydroxylation is 2. The average molecular weight is 294 g/mol. The third kappa shape index (κ3) is 2.50. The van der Waals surface area contributed by atoms with E-state index in [9.17, 15) is 14.7 Å². The molecule has 4 N–H and O–H groups in total. The van der Waals surface area contributed by atoms with Crippen LogP contribution in [0.25, 0.3) is 0 Å². The smallest absolute Gasteiger partial charge is 0.331 e. The Hall–Kier alpha value is -2.35. The Morgan fingerprint density at radius 1 is 1.55 bits per heavy atom. The second-order valence-corrected chi connectivity index (χ2v) is 5.21. The quantitative estimate of drug-likeness (QED) is 0.765. The minimum atomic E-state index is -1.04. The van der Waals surface area contributed by atoms with Crippen molar-refractivity contribution in [2.24, 2.45) is 12.8 Å². The lowest BCUT2D eigenvalue weighted by molar-refractivity contribution is -0.138. The summed E-state index contributed by atoms with van der Waals surface area (Å²) in [4.78, 5) is 23.5. The van der Waals surface area contributed by atoms with Crippen LogP contribution in [-0.2, 0) is 11.8 Å². The largest absolute Gasteiger partial charge is 0.479 e. The zero-order valence-electron chi connectivity index (χ0n) is 11.0. The molecule has 2 rings (SSSR count). The SMILES string of the molecule is Cc1nn(C)c(NC(C(=O)O)c2cccs2)c1C(N)=O. The first-order valence-corrected chi connectivity index (χ1v) is 6.66. The summed E-state index contributed by atoms with van der Waals surface area (Å²) in [5.41, 5.74) is 5.98. The summed E-state index contributed by atoms with van der Waals surface area (Å²) >= 11 is 1.32. The van der Waals surface area contributed by atoms with E-state index in [-0.39, 0.29) is 5.56 Å². The third-order valence-electron chi connectivity index (χ3n) is 2.82. The molecule has 2 aromatic rings. The van der Waals surface area contributed by atoms with Crippen LogP contribution in [0, 0.1) is 6.92 Å². The molecule has 0 saturated carbocycles. The van der Waals surface area contributed by atoms with Crippen molar-refractivity contribution in [1.29, 1.82) is 0 Å². The Balaban J connectivity index is 2.42. The zero-order valence-corrected chi connectivity index (χ0v) is 11.8. The van der Waals surface area contributed by atoms with Gasteiger partial charge >= 0.3 is 5.97 Å². The lowest BCUT2D eigenvalue weighted by atomic mass is 10.2. The number of aliphatic carboxylic acids is 1. The number of rotatable bonds is 5. The number of carbonyl (C=O) groups is 2. The van der Waals surface area contributed by atoms with Gasteiger partial charge in [-0.15, -0.1) is 11.3 Å². The van der Waals surface area contributed by atoms with Crippen LogP contribution in [0.15, 0.2) is 17.5 Å². The van der Waals surface area contributed by atoms with Gasteiger partial charge in [-0.3, -0.25) is 9.48 Å². The summed E-state index contributed by atoms with van der Waals surface area (Å²) in [6.07, 6.45) is 0. The number of hydrogen-bond donors (Lipinski definition) is 3. The van der Waals surface area contributed by atoms with Crippen LogP contribution in [-0.4, -0.2) is 26.8 Å². The van der Waals surface area contributed by atoms with Crippen molar-refractivity contribution in [3.8, 4) is 0 Å². The first-order chi connectivity index (χ1) is 9.41. The minimum absolute atomic E-state index is 0.204. The highest BCUT2D eigenvalue weighted by Crippen LogP contribution is 2.26. The Kier molecular flexibility index (Phi) is 3.75. The number of aromatic nitrogens is 2. The number of carboxylic acids is 1. The van der Waals surface area contributed by atoms with Crippen molar-refractivity contribution < 1.29 is 14.7 Å². The molecule has 0 bridgehead atoms. The van der Waals surface area contributed by atoms with Crippen LogP contribution in [0.5, 0.6) is 0 Å². The monoisotopic (exact) mass is 294 g/mol. The van der Waals surface area contributed by atoms with Gasteiger partial charge in [-0.05, 0) is 18.4 Å². The molecular weight excluding hydrogens is 280 g/mol. The second-order valence-electron chi connectivity index (χ2n) is 4.23. The predicted molar refractivity (Wildman–Crippen MR) is 74.8 cm³/mol. The summed E-state index contributed by atoms with van der Waals surface area (Å²) in [6.45, 7) is 1.65. The number of carbonyl (C=O) groups excluding carboxylic acids is 1. The molecule has 2 heterocycles. The number of primary amides is 1. The van der Waals surface area contributed by atoms with Crippen molar-refractivity contribution in [1.82, 2.24) is 9.78 Å². The summed E-state index contributed by atoms with van der Waals surface area (Å²) in [5.74, 6) is -1.38. The van der Waals surface area contributed by atoms with Crippen molar-refractivity contribution in [3.63, 3.8) is 0 Å². The second kappa shape index (κ2) is 5.33. The highest BCUT2D eigenvalue weighted by atomic mass is 32.1. The standard InChI is InChI=1S/C12H14N4O3S/c1-6-8(10(13)17)11(16(2)15-6)14-9(12(18)19)7-4-3-5-20-7/h3-5,9,14H,1-2H3,(H2,13,17)(H,18,19). The maximum atomic E-state index is 11.5. The molecule has 1 atom stereocenters. The van der Waals surface area contributed by atoms with E-state index in [1.165, 1.54) is 16.0 Å². The van der Waals surface area contributed by atoms with Crippen LogP contribution >= 0.6 is 11.3 Å². The van der Waals surface area contributed by atoms with E-state index in [1.54, 1.807) is 31.5 Å². The molecule has 1 amide bonds. The van der Waals surface area contributed by atoms with Crippen LogP contribution in [0.3, 0.4) is 0 Å². The van der Waals surface area contributed by atoms with Gasteiger partial charge < -0.3 is 16.2 Å². The Bertz CT molecular complexity index is 648. The van der Waals surface area contributed by atoms with E-state index in [0.29, 0.717) is 16.4 Å². The lowest BCUT2D eigenvalue weighted by Crippen LogP contribution is -2.23. The van der Waals surface area contributed by atoms with Gasteiger partial charge in [-0.25, -0.2) is 4.79 Å². The van der Waals surface area contributed by atoms with Gasteiger partial charge in [0, 0.05) is 11.9 Å². The topological polar surface area (TPSA) is 110 Å². The fourth-order valence-corrected chi connectivity index (χ4v) is 2.73. The number of thiophene rings is 1. The van der Waals surface area contributed by atoms with E-state index in [4.69, 9.17) is 5.73 Å². The van der Waals surface area contributed by atoms with Gasteiger partial charge in [0.15, 0.2) is 6.04 Å². The molecule has 0 aliphatic carbocycles. The van der Waals surface area contributed by atoms with Crippen molar-refractivity contribution >= 4 is 29.0 Å². The van der Waals surface area contributed by atoms with Crippen LogP contribution in [0.2, 0.25) is 0 Å². The number of hydrogen-bond acceptors (Lipinski definition) is 5. The fraction of sp³-hybridized carbons (Fsp3) is 0.250. The highest BCUT2D eigenvalue weighted by Gasteiger charge is 2.26. The molecule has 20 heavy (non-hydrogen) atoms. The normalized spacial score (nSPS) is 12.1. The van der Waals surface area contributed by atoms with Crippen LogP contribution in [0.1, 0.15) is 27.0 Å². The van der Waals surface area contributed by atoms with Gasteiger partial charge in [0.05, 0.1) is 5.69 Å². The van der Waals surface area contributed by atoms with E-state index in [0.717, 1.165) is 0 Å². The minimum Gasteiger partial charge on any atom is -0.479 e. The van der Waals surface area contributed by atoms with Crippen molar-refractivity contribution in [2.75, 3.05) is 5.32 Å². The maximum Gasteiger partial charge on any atom is 0.331 e. The maximum absolute atomic E-state index is 11.5. The Morgan fingerprint density at radius 3 is 2.75 bits per heavy atom. The van der Waals surface area contributed by atoms with Crippen molar-refractivity contribution in [2.45, 2.75) is 13.0 Å². The van der Waals surface area contributed by atoms with Crippen molar-refractivity contribution in [3.05, 3.63) is 33.6 Å². The summed E-state index contributed by atoms with van der Waals surface area (Å²) in [5, 5.41) is 18.0. The number of nitrogens with two attached hydrogens (primary N) is 1. The number of nitrogens with one attached hydrogen (secondary N) is 1. The molecule has 8 heteroatoms. The molecule has 7 nitrogen and oxygen atoms in total. The highest BCUT2D eigenvalue weighted by molar-refractivity contribution is 7.10. The van der Waals surface area contributed by atoms with E-state index < -0.39 is 17.9 Å². The molecule has 2 aromatic heterocycles. The first-order valence-electron chi connectivity index (χ1n) is 5.78. The summed E-state index contributed by atoms with van der Waals surface area (Å²) < 4.78 is 1.42. The fourth-order valence-electron chi connectivity index (χ4n) is 1.97. The van der Waals surface area contributed by atoms with E-state index in [2.05, 4.69) is 10.4 Å². The molecular formula is C12H14N4O3S. The van der Waals surface area contributed by atoms with Crippen LogP contribution in [0.4, 0.5) is 5.82 Å². The number of anilines is 1. The van der Waals surface area contributed by atoms with Gasteiger partial charge in [-0.2, -0.15) is 5.10 Å². The molecule has 0 aromatic carbocycles. The van der Waals surface area contributed by atoms with E-state index >= 15 is 0 Å². The van der Waals surface area contributed by atoms with E-state index in [1.807, 2.05) is 0 Å². The Morgan fingerprint density at radius 2 is 2.25 bits per heavy atom. The number of amides is 1. The molecule has 106 valence electrons. The number of carboxylic acid groups (broad SMARTS) is 1. The van der Waals surface area contributed by atoms with Gasteiger partial charge in [0.25, 0.3) is 5.91 Å². The lowest BCUT2D eigenvalue weighted by Gasteiger charge is -2.15. The first kappa shape index (κ1) is 14.1. The zero-order chi connectivity index (χ0) is 14.9. The molecule has 0 aliphatic heterocycles. The molecule has 0 spiro atoms. The molecule has 0 fully saturated rings. The van der Waals surface area contributed by atoms with Gasteiger partial charge in [-0.1, -0.05) is 6.07 Å². The average Bonchev–Trinajstić information content (AvgIpc) is 2.93. The Labute approximate surface area is 119 Å². The van der Waals surface area contributed by atoms with Crippen LogP contribution < -0.4 is 11.1 Å². The number of nitrogens with zero attached hydrogens (tertiary/aromatic N) is 2. The predicted octanol–water partition coefficient (Wildman–Crippen LogP) is 1.13. The molecule has 0 saturated heterocycles. The summed E-state index contributed by atoms with van der Waals surface area (Å²) in [6, 6.07) is 2.52.